The van der Waals surface area contributed by atoms with E-state index in [1.165, 1.54) is 7.05 Å². The van der Waals surface area contributed by atoms with E-state index in [9.17, 15) is 13.2 Å². The molecule has 0 aromatic heterocycles. The van der Waals surface area contributed by atoms with Crippen molar-refractivity contribution in [3.05, 3.63) is 70.4 Å². The summed E-state index contributed by atoms with van der Waals surface area (Å²) in [5, 5.41) is 10.5. The van der Waals surface area contributed by atoms with Crippen molar-refractivity contribution in [3.8, 4) is 0 Å². The van der Waals surface area contributed by atoms with Gasteiger partial charge in [-0.3, -0.25) is 5.41 Å². The molecule has 2 N–H and O–H groups in total. The summed E-state index contributed by atoms with van der Waals surface area (Å²) < 4.78 is 41.1. The Labute approximate surface area is 190 Å². The summed E-state index contributed by atoms with van der Waals surface area (Å²) in [6.07, 6.45) is 7.79. The Balaban J connectivity index is 6.37. The van der Waals surface area contributed by atoms with Crippen LogP contribution < -0.4 is 5.32 Å². The van der Waals surface area contributed by atoms with E-state index >= 15 is 0 Å². The average molecular weight is 458 g/mol. The number of alkyl halides is 2. The highest BCUT2D eigenvalue weighted by molar-refractivity contribution is 6.29. The van der Waals surface area contributed by atoms with E-state index in [4.69, 9.17) is 17.0 Å². The van der Waals surface area contributed by atoms with Gasteiger partial charge in [-0.1, -0.05) is 68.0 Å². The fourth-order valence-electron chi connectivity index (χ4n) is 3.03. The second-order valence-electron chi connectivity index (χ2n) is 7.03. The van der Waals surface area contributed by atoms with Crippen LogP contribution in [0.15, 0.2) is 70.4 Å². The van der Waals surface area contributed by atoms with Gasteiger partial charge in [0.1, 0.15) is 5.71 Å². The fraction of sp³-hybridized carbons (Fsp3) is 0.458. The lowest BCUT2D eigenvalue weighted by Gasteiger charge is -2.36. The number of halogens is 4. The molecule has 0 atom stereocenters. The zero-order valence-corrected chi connectivity index (χ0v) is 20.1. The van der Waals surface area contributed by atoms with E-state index < -0.39 is 23.7 Å². The largest absolute Gasteiger partial charge is 0.364 e. The smallest absolute Gasteiger partial charge is 0.280 e. The molecule has 0 radical (unpaired) electrons. The summed E-state index contributed by atoms with van der Waals surface area (Å²) in [5.41, 5.74) is 0.0919. The Morgan fingerprint density at radius 2 is 1.77 bits per heavy atom. The van der Waals surface area contributed by atoms with Crippen LogP contribution in [0, 0.1) is 5.41 Å². The van der Waals surface area contributed by atoms with E-state index in [0.717, 1.165) is 11.1 Å². The van der Waals surface area contributed by atoms with Crippen molar-refractivity contribution in [2.75, 3.05) is 13.6 Å². The lowest BCUT2D eigenvalue weighted by atomic mass is 10.0. The Hall–Kier alpha value is -2.21. The maximum atomic E-state index is 14.5. The summed E-state index contributed by atoms with van der Waals surface area (Å²) in [6, 6.07) is -0.101. The standard InChI is InChI=1S/C24H35ClF3N3/c1-8-11-12-13-16(4)14-19(17(5)25)15-31(20(9-2)10-3)18(6)21(24(28)30-7)22(29)23(26)27/h8,11-14,20,23,29-30H,6,9-10,15H2,1-5,7H3/b11-8-,13-12-,16-14+,19-17+,24-21-,29-22?. The molecular weight excluding hydrogens is 423 g/mol. The summed E-state index contributed by atoms with van der Waals surface area (Å²) in [7, 11) is 1.28. The first kappa shape index (κ1) is 28.8. The van der Waals surface area contributed by atoms with Crippen LogP contribution in [-0.4, -0.2) is 36.7 Å². The Bertz CT molecular complexity index is 769. The predicted molar refractivity (Wildman–Crippen MR) is 127 cm³/mol. The monoisotopic (exact) mass is 457 g/mol. The van der Waals surface area contributed by atoms with Gasteiger partial charge >= 0.3 is 0 Å². The summed E-state index contributed by atoms with van der Waals surface area (Å²) in [6.45, 7) is 13.7. The number of hydrogen-bond donors (Lipinski definition) is 2. The maximum absolute atomic E-state index is 14.5. The van der Waals surface area contributed by atoms with Gasteiger partial charge in [0.25, 0.3) is 6.43 Å². The van der Waals surface area contributed by atoms with Crippen molar-refractivity contribution in [3.63, 3.8) is 0 Å². The fourth-order valence-corrected chi connectivity index (χ4v) is 3.15. The predicted octanol–water partition coefficient (Wildman–Crippen LogP) is 7.27. The van der Waals surface area contributed by atoms with E-state index in [-0.39, 0.29) is 18.3 Å². The van der Waals surface area contributed by atoms with Crippen LogP contribution in [0.3, 0.4) is 0 Å². The van der Waals surface area contributed by atoms with E-state index in [0.29, 0.717) is 17.9 Å². The first-order valence-corrected chi connectivity index (χ1v) is 10.7. The topological polar surface area (TPSA) is 39.1 Å². The van der Waals surface area contributed by atoms with Crippen LogP contribution in [0.1, 0.15) is 47.5 Å². The molecule has 3 nitrogen and oxygen atoms in total. The molecule has 0 saturated heterocycles. The summed E-state index contributed by atoms with van der Waals surface area (Å²) >= 11 is 6.35. The lowest BCUT2D eigenvalue weighted by molar-refractivity contribution is 0.222. The number of nitrogens with one attached hydrogen (secondary N) is 2. The quantitative estimate of drug-likeness (QED) is 0.173. The van der Waals surface area contributed by atoms with Crippen molar-refractivity contribution < 1.29 is 13.2 Å². The van der Waals surface area contributed by atoms with Gasteiger partial charge in [0.2, 0.25) is 0 Å². The molecule has 0 aliphatic carbocycles. The molecule has 0 heterocycles. The Morgan fingerprint density at radius 1 is 1.19 bits per heavy atom. The van der Waals surface area contributed by atoms with Gasteiger partial charge in [-0.2, -0.15) is 4.39 Å². The first-order chi connectivity index (χ1) is 14.5. The van der Waals surface area contributed by atoms with Gasteiger partial charge in [-0.15, -0.1) is 0 Å². The molecule has 0 aliphatic rings. The van der Waals surface area contributed by atoms with Crippen molar-refractivity contribution in [2.45, 2.75) is 59.9 Å². The molecular formula is C24H35ClF3N3. The SMILES string of the molecule is C=C(/C(C(=N)C(F)F)=C(\F)NC)N(CC(/C=C(C)/C=C\C=C/C)=C(\C)Cl)C(CC)CC. The van der Waals surface area contributed by atoms with E-state index in [1.807, 2.05) is 58.1 Å². The number of rotatable bonds is 13. The molecule has 7 heteroatoms. The third-order valence-electron chi connectivity index (χ3n) is 4.79. The Morgan fingerprint density at radius 3 is 2.19 bits per heavy atom. The molecule has 0 fully saturated rings. The van der Waals surface area contributed by atoms with Crippen molar-refractivity contribution in [1.82, 2.24) is 10.2 Å². The van der Waals surface area contributed by atoms with Gasteiger partial charge in [-0.25, -0.2) is 8.78 Å². The van der Waals surface area contributed by atoms with E-state index in [2.05, 4.69) is 11.9 Å². The zero-order chi connectivity index (χ0) is 24.1. The van der Waals surface area contributed by atoms with Crippen LogP contribution in [-0.2, 0) is 0 Å². The molecule has 0 aromatic carbocycles. The average Bonchev–Trinajstić information content (AvgIpc) is 2.72. The molecule has 0 saturated carbocycles. The number of hydrogen-bond acceptors (Lipinski definition) is 3. The highest BCUT2D eigenvalue weighted by Gasteiger charge is 2.28. The highest BCUT2D eigenvalue weighted by Crippen LogP contribution is 2.28. The Kier molecular flexibility index (Phi) is 13.7. The molecule has 0 spiro atoms. The zero-order valence-electron chi connectivity index (χ0n) is 19.3. The van der Waals surface area contributed by atoms with Crippen molar-refractivity contribution >= 4 is 17.3 Å². The van der Waals surface area contributed by atoms with Crippen LogP contribution in [0.4, 0.5) is 13.2 Å². The van der Waals surface area contributed by atoms with Crippen molar-refractivity contribution in [1.29, 1.82) is 5.41 Å². The van der Waals surface area contributed by atoms with Gasteiger partial charge in [0.15, 0.2) is 5.95 Å². The molecule has 0 rings (SSSR count). The minimum absolute atomic E-state index is 0.0248. The van der Waals surface area contributed by atoms with Gasteiger partial charge < -0.3 is 10.2 Å². The first-order valence-electron chi connectivity index (χ1n) is 10.3. The van der Waals surface area contributed by atoms with Gasteiger partial charge in [-0.05, 0) is 39.2 Å². The normalized spacial score (nSPS) is 14.4. The third kappa shape index (κ3) is 9.21. The van der Waals surface area contributed by atoms with Crippen LogP contribution in [0.25, 0.3) is 0 Å². The number of allylic oxidation sites excluding steroid dienone is 7. The maximum Gasteiger partial charge on any atom is 0.280 e. The summed E-state index contributed by atoms with van der Waals surface area (Å²) in [5.74, 6) is -1.01. The molecule has 0 aromatic rings. The highest BCUT2D eigenvalue weighted by atomic mass is 35.5. The molecule has 0 aliphatic heterocycles. The minimum Gasteiger partial charge on any atom is -0.364 e. The molecule has 0 amide bonds. The number of nitrogens with zero attached hydrogens (tertiary/aromatic N) is 1. The van der Waals surface area contributed by atoms with Crippen LogP contribution in [0.2, 0.25) is 0 Å². The van der Waals surface area contributed by atoms with E-state index in [1.54, 1.807) is 11.8 Å². The minimum atomic E-state index is -3.13. The van der Waals surface area contributed by atoms with Gasteiger partial charge in [0, 0.05) is 30.4 Å². The van der Waals surface area contributed by atoms with Crippen LogP contribution >= 0.6 is 11.6 Å². The van der Waals surface area contributed by atoms with Crippen LogP contribution in [0.5, 0.6) is 0 Å². The third-order valence-corrected chi connectivity index (χ3v) is 5.04. The van der Waals surface area contributed by atoms with Crippen molar-refractivity contribution in [2.24, 2.45) is 0 Å². The molecule has 0 bridgehead atoms. The van der Waals surface area contributed by atoms with Gasteiger partial charge in [0.05, 0.1) is 5.57 Å². The molecule has 174 valence electrons. The second-order valence-corrected chi connectivity index (χ2v) is 7.60. The second kappa shape index (κ2) is 14.7. The summed E-state index contributed by atoms with van der Waals surface area (Å²) in [4.78, 5) is 1.75. The molecule has 0 unspecified atom stereocenters. The molecule has 31 heavy (non-hydrogen) atoms. The lowest BCUT2D eigenvalue weighted by Crippen LogP contribution is -2.38.